The normalized spacial score (nSPS) is 11.4. The van der Waals surface area contributed by atoms with Crippen LogP contribution in [-0.2, 0) is 16.0 Å². The van der Waals surface area contributed by atoms with E-state index in [2.05, 4.69) is 10.6 Å². The van der Waals surface area contributed by atoms with Crippen LogP contribution in [0, 0.1) is 0 Å². The predicted molar refractivity (Wildman–Crippen MR) is 89.8 cm³/mol. The third kappa shape index (κ3) is 6.72. The molecule has 1 rings (SSSR count). The van der Waals surface area contributed by atoms with Crippen LogP contribution >= 0.6 is 0 Å². The molecule has 0 heterocycles. The molecule has 0 radical (unpaired) electrons. The van der Waals surface area contributed by atoms with Crippen LogP contribution in [0.15, 0.2) is 24.3 Å². The zero-order valence-electron chi connectivity index (χ0n) is 14.2. The molecule has 0 aliphatic heterocycles. The summed E-state index contributed by atoms with van der Waals surface area (Å²) in [7, 11) is 1.76. The fraction of sp³-hybridized carbons (Fsp3) is 0.529. The maximum absolute atomic E-state index is 12.1. The minimum absolute atomic E-state index is 0.0863. The number of hydrogen-bond acceptors (Lipinski definition) is 3. The lowest BCUT2D eigenvalue weighted by atomic mass is 10.1. The van der Waals surface area contributed by atoms with Gasteiger partial charge >= 0.3 is 0 Å². The van der Waals surface area contributed by atoms with Crippen molar-refractivity contribution in [1.82, 2.24) is 10.2 Å². The Morgan fingerprint density at radius 1 is 1.09 bits per heavy atom. The first-order valence-corrected chi connectivity index (χ1v) is 7.58. The van der Waals surface area contributed by atoms with Gasteiger partial charge in [0.05, 0.1) is 13.1 Å². The molecule has 2 N–H and O–H groups in total. The summed E-state index contributed by atoms with van der Waals surface area (Å²) in [4.78, 5) is 25.6. The van der Waals surface area contributed by atoms with Crippen molar-refractivity contribution in [3.8, 4) is 0 Å². The second-order valence-electron chi connectivity index (χ2n) is 6.53. The number of rotatable bonds is 6. The minimum atomic E-state index is -0.264. The van der Waals surface area contributed by atoms with Crippen molar-refractivity contribution >= 4 is 17.5 Å². The average Bonchev–Trinajstić information content (AvgIpc) is 2.36. The molecular weight excluding hydrogens is 278 g/mol. The molecule has 5 heteroatoms. The summed E-state index contributed by atoms with van der Waals surface area (Å²) in [6.07, 6.45) is 0.861. The SMILES string of the molecule is CCc1ccccc1NC(=O)CN(C)CC(=O)NC(C)(C)C. The fourth-order valence-electron chi connectivity index (χ4n) is 2.14. The summed E-state index contributed by atoms with van der Waals surface area (Å²) in [5, 5.41) is 5.78. The van der Waals surface area contributed by atoms with Gasteiger partial charge in [0, 0.05) is 11.2 Å². The van der Waals surface area contributed by atoms with Crippen molar-refractivity contribution in [3.05, 3.63) is 29.8 Å². The first-order chi connectivity index (χ1) is 10.2. The van der Waals surface area contributed by atoms with Crippen molar-refractivity contribution in [3.63, 3.8) is 0 Å². The maximum Gasteiger partial charge on any atom is 0.238 e. The molecule has 0 aromatic heterocycles. The van der Waals surface area contributed by atoms with Crippen LogP contribution in [0.5, 0.6) is 0 Å². The van der Waals surface area contributed by atoms with Crippen LogP contribution in [0.4, 0.5) is 5.69 Å². The van der Waals surface area contributed by atoms with E-state index in [1.807, 2.05) is 52.0 Å². The van der Waals surface area contributed by atoms with Gasteiger partial charge in [-0.3, -0.25) is 14.5 Å². The molecular formula is C17H27N3O2. The lowest BCUT2D eigenvalue weighted by Crippen LogP contribution is -2.46. The Hall–Kier alpha value is -1.88. The maximum atomic E-state index is 12.1. The Morgan fingerprint density at radius 3 is 2.27 bits per heavy atom. The first kappa shape index (κ1) is 18.2. The van der Waals surface area contributed by atoms with Crippen LogP contribution in [0.25, 0.3) is 0 Å². The van der Waals surface area contributed by atoms with Gasteiger partial charge in [-0.2, -0.15) is 0 Å². The van der Waals surface area contributed by atoms with E-state index in [0.717, 1.165) is 17.7 Å². The highest BCUT2D eigenvalue weighted by Crippen LogP contribution is 2.15. The summed E-state index contributed by atoms with van der Waals surface area (Å²) >= 11 is 0. The molecule has 22 heavy (non-hydrogen) atoms. The third-order valence-corrected chi connectivity index (χ3v) is 3.01. The molecule has 0 aliphatic carbocycles. The number of anilines is 1. The van der Waals surface area contributed by atoms with Gasteiger partial charge in [-0.05, 0) is 45.9 Å². The number of nitrogens with one attached hydrogen (secondary N) is 2. The Morgan fingerprint density at radius 2 is 1.68 bits per heavy atom. The van der Waals surface area contributed by atoms with Crippen LogP contribution < -0.4 is 10.6 Å². The summed E-state index contributed by atoms with van der Waals surface area (Å²) < 4.78 is 0. The molecule has 1 aromatic carbocycles. The highest BCUT2D eigenvalue weighted by molar-refractivity contribution is 5.93. The van der Waals surface area contributed by atoms with E-state index in [1.54, 1.807) is 11.9 Å². The zero-order valence-corrected chi connectivity index (χ0v) is 14.2. The number of amides is 2. The number of carbonyl (C=O) groups excluding carboxylic acids is 2. The average molecular weight is 305 g/mol. The van der Waals surface area contributed by atoms with E-state index < -0.39 is 0 Å². The van der Waals surface area contributed by atoms with Gasteiger partial charge in [-0.1, -0.05) is 25.1 Å². The quantitative estimate of drug-likeness (QED) is 0.845. The second kappa shape index (κ2) is 7.94. The standard InChI is InChI=1S/C17H27N3O2/c1-6-13-9-7-8-10-14(13)18-15(21)11-20(5)12-16(22)19-17(2,3)4/h7-10H,6,11-12H2,1-5H3,(H,18,21)(H,19,22). The van der Waals surface area contributed by atoms with Gasteiger partial charge in [0.1, 0.15) is 0 Å². The first-order valence-electron chi connectivity index (χ1n) is 7.58. The van der Waals surface area contributed by atoms with Crippen molar-refractivity contribution in [2.75, 3.05) is 25.5 Å². The van der Waals surface area contributed by atoms with Gasteiger partial charge in [-0.15, -0.1) is 0 Å². The van der Waals surface area contributed by atoms with Crippen molar-refractivity contribution < 1.29 is 9.59 Å². The molecule has 2 amide bonds. The largest absolute Gasteiger partial charge is 0.350 e. The van der Waals surface area contributed by atoms with Crippen LogP contribution in [0.3, 0.4) is 0 Å². The Labute approximate surface area is 133 Å². The molecule has 0 fully saturated rings. The summed E-state index contributed by atoms with van der Waals surface area (Å²) in [6.45, 7) is 8.21. The number of carbonyl (C=O) groups is 2. The van der Waals surface area contributed by atoms with E-state index in [0.29, 0.717) is 0 Å². The number of nitrogens with zero attached hydrogens (tertiary/aromatic N) is 1. The Balaban J connectivity index is 2.49. The molecule has 0 bridgehead atoms. The van der Waals surface area contributed by atoms with E-state index in [9.17, 15) is 9.59 Å². The molecule has 0 saturated carbocycles. The van der Waals surface area contributed by atoms with Crippen molar-refractivity contribution in [2.45, 2.75) is 39.7 Å². The predicted octanol–water partition coefficient (Wildman–Crippen LogP) is 2.03. The van der Waals surface area contributed by atoms with E-state index >= 15 is 0 Å². The molecule has 0 unspecified atom stereocenters. The number of hydrogen-bond donors (Lipinski definition) is 2. The molecule has 0 spiro atoms. The zero-order chi connectivity index (χ0) is 16.8. The summed E-state index contributed by atoms with van der Waals surface area (Å²) in [6, 6.07) is 7.74. The fourth-order valence-corrected chi connectivity index (χ4v) is 2.14. The van der Waals surface area contributed by atoms with Crippen LogP contribution in [-0.4, -0.2) is 42.4 Å². The van der Waals surface area contributed by atoms with Gasteiger partial charge in [0.2, 0.25) is 11.8 Å². The smallest absolute Gasteiger partial charge is 0.238 e. The number of para-hydroxylation sites is 1. The lowest BCUT2D eigenvalue weighted by molar-refractivity contribution is -0.124. The monoisotopic (exact) mass is 305 g/mol. The molecule has 122 valence electrons. The Kier molecular flexibility index (Phi) is 6.56. The molecule has 5 nitrogen and oxygen atoms in total. The van der Waals surface area contributed by atoms with Crippen LogP contribution in [0.1, 0.15) is 33.3 Å². The highest BCUT2D eigenvalue weighted by Gasteiger charge is 2.16. The van der Waals surface area contributed by atoms with E-state index in [4.69, 9.17) is 0 Å². The molecule has 0 atom stereocenters. The van der Waals surface area contributed by atoms with E-state index in [-0.39, 0.29) is 30.4 Å². The molecule has 0 aliphatic rings. The van der Waals surface area contributed by atoms with Crippen LogP contribution in [0.2, 0.25) is 0 Å². The lowest BCUT2D eigenvalue weighted by Gasteiger charge is -2.23. The second-order valence-corrected chi connectivity index (χ2v) is 6.53. The number of likely N-dealkylation sites (N-methyl/N-ethyl adjacent to an activating group) is 1. The third-order valence-electron chi connectivity index (χ3n) is 3.01. The topological polar surface area (TPSA) is 61.4 Å². The molecule has 0 saturated heterocycles. The Bertz CT molecular complexity index is 521. The van der Waals surface area contributed by atoms with Gasteiger partial charge in [0.15, 0.2) is 0 Å². The highest BCUT2D eigenvalue weighted by atomic mass is 16.2. The van der Waals surface area contributed by atoms with Crippen molar-refractivity contribution in [1.29, 1.82) is 0 Å². The van der Waals surface area contributed by atoms with Gasteiger partial charge in [0.25, 0.3) is 0 Å². The number of aryl methyl sites for hydroxylation is 1. The minimum Gasteiger partial charge on any atom is -0.350 e. The van der Waals surface area contributed by atoms with Gasteiger partial charge < -0.3 is 10.6 Å². The summed E-state index contributed by atoms with van der Waals surface area (Å²) in [5.41, 5.74) is 1.67. The molecule has 1 aromatic rings. The van der Waals surface area contributed by atoms with Gasteiger partial charge in [-0.25, -0.2) is 0 Å². The summed E-state index contributed by atoms with van der Waals surface area (Å²) in [5.74, 6) is -0.205. The van der Waals surface area contributed by atoms with E-state index in [1.165, 1.54) is 0 Å². The number of benzene rings is 1. The van der Waals surface area contributed by atoms with Crippen molar-refractivity contribution in [2.24, 2.45) is 0 Å².